The minimum Gasteiger partial charge on any atom is -0.313 e. The minimum atomic E-state index is -0.431. The number of nitrogens with one attached hydrogen (secondary N) is 1. The number of aromatic nitrogens is 4. The molecule has 0 aliphatic heterocycles. The van der Waals surface area contributed by atoms with Crippen molar-refractivity contribution in [2.75, 3.05) is 0 Å². The van der Waals surface area contributed by atoms with Crippen molar-refractivity contribution in [3.05, 3.63) is 56.7 Å². The van der Waals surface area contributed by atoms with E-state index in [4.69, 9.17) is 0 Å². The fraction of sp³-hybridized carbons (Fsp3) is 0.450. The normalized spacial score (nSPS) is 11.3. The molecule has 1 aromatic carbocycles. The van der Waals surface area contributed by atoms with Crippen LogP contribution in [0, 0.1) is 0 Å². The number of benzene rings is 1. The standard InChI is InChI=1S/C20H26N4O2S/c1-3-4-5-6-10-13-24-16-17(23(2)19(26)22-18(16)25)21-20(24)27-14-15-11-8-7-9-12-15/h7-9,11-12H,3-6,10,13-14H2,1-2H3,(H,22,25,26). The summed E-state index contributed by atoms with van der Waals surface area (Å²) in [5.74, 6) is 0.770. The Morgan fingerprint density at radius 2 is 1.81 bits per heavy atom. The van der Waals surface area contributed by atoms with Crippen LogP contribution in [0.1, 0.15) is 44.6 Å². The topological polar surface area (TPSA) is 72.7 Å². The average molecular weight is 387 g/mol. The van der Waals surface area contributed by atoms with Gasteiger partial charge in [-0.2, -0.15) is 0 Å². The molecule has 3 aromatic rings. The van der Waals surface area contributed by atoms with Crippen molar-refractivity contribution in [2.45, 2.75) is 56.5 Å². The predicted molar refractivity (Wildman–Crippen MR) is 110 cm³/mol. The van der Waals surface area contributed by atoms with E-state index in [0.717, 1.165) is 30.3 Å². The van der Waals surface area contributed by atoms with Crippen molar-refractivity contribution < 1.29 is 0 Å². The lowest BCUT2D eigenvalue weighted by Gasteiger charge is -2.08. The van der Waals surface area contributed by atoms with E-state index in [0.29, 0.717) is 11.2 Å². The van der Waals surface area contributed by atoms with E-state index >= 15 is 0 Å². The number of rotatable bonds is 9. The number of unbranched alkanes of at least 4 members (excludes halogenated alkanes) is 4. The Hall–Kier alpha value is -2.28. The SMILES string of the molecule is CCCCCCCn1c(SCc2ccccc2)nc2c1c(=O)[nH]c(=O)n2C. The summed E-state index contributed by atoms with van der Waals surface area (Å²) in [6, 6.07) is 10.2. The van der Waals surface area contributed by atoms with Gasteiger partial charge in [-0.25, -0.2) is 9.78 Å². The van der Waals surface area contributed by atoms with Gasteiger partial charge in [-0.3, -0.25) is 14.3 Å². The van der Waals surface area contributed by atoms with Gasteiger partial charge >= 0.3 is 5.69 Å². The number of thioether (sulfide) groups is 1. The number of hydrogen-bond donors (Lipinski definition) is 1. The second kappa shape index (κ2) is 9.08. The summed E-state index contributed by atoms with van der Waals surface area (Å²) in [6.45, 7) is 2.93. The van der Waals surface area contributed by atoms with E-state index < -0.39 is 5.69 Å². The molecule has 0 aliphatic rings. The maximum atomic E-state index is 12.5. The first kappa shape index (κ1) is 19.5. The summed E-state index contributed by atoms with van der Waals surface area (Å²) in [4.78, 5) is 31.4. The first-order chi connectivity index (χ1) is 13.1. The predicted octanol–water partition coefficient (Wildman–Crippen LogP) is 3.69. The monoisotopic (exact) mass is 386 g/mol. The van der Waals surface area contributed by atoms with Crippen LogP contribution in [0.5, 0.6) is 0 Å². The average Bonchev–Trinajstić information content (AvgIpc) is 3.04. The van der Waals surface area contributed by atoms with E-state index in [1.165, 1.54) is 29.4 Å². The maximum Gasteiger partial charge on any atom is 0.329 e. The summed E-state index contributed by atoms with van der Waals surface area (Å²) in [5, 5.41) is 0.788. The molecule has 0 saturated carbocycles. The highest BCUT2D eigenvalue weighted by Crippen LogP contribution is 2.25. The Labute approximate surface area is 162 Å². The van der Waals surface area contributed by atoms with Gasteiger partial charge < -0.3 is 4.57 Å². The molecule has 0 atom stereocenters. The first-order valence-corrected chi connectivity index (χ1v) is 10.5. The van der Waals surface area contributed by atoms with Crippen LogP contribution in [0.4, 0.5) is 0 Å². The molecule has 3 rings (SSSR count). The summed E-state index contributed by atoms with van der Waals surface area (Å²) in [5.41, 5.74) is 1.35. The third-order valence-electron chi connectivity index (χ3n) is 4.67. The van der Waals surface area contributed by atoms with Gasteiger partial charge in [0.05, 0.1) is 0 Å². The Kier molecular flexibility index (Phi) is 6.55. The van der Waals surface area contributed by atoms with E-state index in [1.54, 1.807) is 18.8 Å². The highest BCUT2D eigenvalue weighted by molar-refractivity contribution is 7.98. The number of hydrogen-bond acceptors (Lipinski definition) is 4. The summed E-state index contributed by atoms with van der Waals surface area (Å²) >= 11 is 1.60. The molecule has 0 amide bonds. The van der Waals surface area contributed by atoms with Crippen molar-refractivity contribution in [1.82, 2.24) is 19.1 Å². The zero-order valence-electron chi connectivity index (χ0n) is 15.9. The van der Waals surface area contributed by atoms with Crippen molar-refractivity contribution in [2.24, 2.45) is 7.05 Å². The number of fused-ring (bicyclic) bond motifs is 1. The number of H-pyrrole nitrogens is 1. The highest BCUT2D eigenvalue weighted by atomic mass is 32.2. The number of aryl methyl sites for hydroxylation is 2. The summed E-state index contributed by atoms with van der Waals surface area (Å²) in [7, 11) is 1.64. The van der Waals surface area contributed by atoms with Gasteiger partial charge in [0.25, 0.3) is 5.56 Å². The fourth-order valence-electron chi connectivity index (χ4n) is 3.13. The third kappa shape index (κ3) is 4.53. The molecule has 1 N–H and O–H groups in total. The van der Waals surface area contributed by atoms with Gasteiger partial charge in [0.2, 0.25) is 0 Å². The largest absolute Gasteiger partial charge is 0.329 e. The van der Waals surface area contributed by atoms with Gasteiger partial charge in [-0.1, -0.05) is 74.7 Å². The Morgan fingerprint density at radius 3 is 2.56 bits per heavy atom. The van der Waals surface area contributed by atoms with E-state index in [1.807, 2.05) is 22.8 Å². The number of nitrogens with zero attached hydrogens (tertiary/aromatic N) is 3. The molecule has 0 bridgehead atoms. The molecule has 6 nitrogen and oxygen atoms in total. The van der Waals surface area contributed by atoms with Gasteiger partial charge in [-0.15, -0.1) is 0 Å². The molecule has 144 valence electrons. The van der Waals surface area contributed by atoms with Crippen molar-refractivity contribution in [3.8, 4) is 0 Å². The van der Waals surface area contributed by atoms with Gasteiger partial charge in [0.15, 0.2) is 16.3 Å². The molecule has 0 spiro atoms. The van der Waals surface area contributed by atoms with Crippen LogP contribution in [-0.4, -0.2) is 19.1 Å². The fourth-order valence-corrected chi connectivity index (χ4v) is 4.11. The second-order valence-corrected chi connectivity index (χ2v) is 7.67. The molecule has 0 saturated heterocycles. The lowest BCUT2D eigenvalue weighted by molar-refractivity contribution is 0.552. The van der Waals surface area contributed by atoms with Crippen LogP contribution in [0.2, 0.25) is 0 Å². The molecule has 0 aliphatic carbocycles. The summed E-state index contributed by atoms with van der Waals surface area (Å²) < 4.78 is 3.39. The van der Waals surface area contributed by atoms with Crippen LogP contribution in [0.25, 0.3) is 11.2 Å². The van der Waals surface area contributed by atoms with E-state index in [2.05, 4.69) is 29.0 Å². The van der Waals surface area contributed by atoms with Gasteiger partial charge in [0.1, 0.15) is 0 Å². The number of imidazole rings is 1. The molecule has 2 aromatic heterocycles. The van der Waals surface area contributed by atoms with Crippen LogP contribution in [-0.2, 0) is 19.3 Å². The number of aromatic amines is 1. The zero-order valence-corrected chi connectivity index (χ0v) is 16.7. The van der Waals surface area contributed by atoms with Crippen molar-refractivity contribution in [3.63, 3.8) is 0 Å². The summed E-state index contributed by atoms with van der Waals surface area (Å²) in [6.07, 6.45) is 5.75. The lowest BCUT2D eigenvalue weighted by atomic mass is 10.1. The van der Waals surface area contributed by atoms with E-state index in [9.17, 15) is 9.59 Å². The third-order valence-corrected chi connectivity index (χ3v) is 5.72. The Bertz CT molecular complexity index is 1000. The van der Waals surface area contributed by atoms with Crippen LogP contribution in [0.15, 0.2) is 45.1 Å². The molecule has 0 radical (unpaired) electrons. The Balaban J connectivity index is 1.91. The van der Waals surface area contributed by atoms with Crippen LogP contribution >= 0.6 is 11.8 Å². The second-order valence-electron chi connectivity index (χ2n) is 6.73. The molecule has 7 heteroatoms. The van der Waals surface area contributed by atoms with Crippen LogP contribution < -0.4 is 11.2 Å². The van der Waals surface area contributed by atoms with Crippen LogP contribution in [0.3, 0.4) is 0 Å². The molecule has 0 fully saturated rings. The smallest absolute Gasteiger partial charge is 0.313 e. The molecule has 0 unspecified atom stereocenters. The Morgan fingerprint density at radius 1 is 1.07 bits per heavy atom. The van der Waals surface area contributed by atoms with Gasteiger partial charge in [-0.05, 0) is 12.0 Å². The molecular weight excluding hydrogens is 360 g/mol. The highest BCUT2D eigenvalue weighted by Gasteiger charge is 2.17. The quantitative estimate of drug-likeness (QED) is 0.450. The minimum absolute atomic E-state index is 0.360. The van der Waals surface area contributed by atoms with Crippen molar-refractivity contribution >= 4 is 22.9 Å². The maximum absolute atomic E-state index is 12.5. The van der Waals surface area contributed by atoms with E-state index in [-0.39, 0.29) is 5.56 Å². The lowest BCUT2D eigenvalue weighted by Crippen LogP contribution is -2.29. The molecule has 2 heterocycles. The van der Waals surface area contributed by atoms with Gasteiger partial charge in [0, 0.05) is 19.3 Å². The zero-order chi connectivity index (χ0) is 19.2. The van der Waals surface area contributed by atoms with Crippen molar-refractivity contribution in [1.29, 1.82) is 0 Å². The molecular formula is C20H26N4O2S. The molecule has 27 heavy (non-hydrogen) atoms. The first-order valence-electron chi connectivity index (χ1n) is 9.48.